The summed E-state index contributed by atoms with van der Waals surface area (Å²) in [6.45, 7) is 5.16. The highest BCUT2D eigenvalue weighted by Crippen LogP contribution is 2.20. The molecule has 0 unspecified atom stereocenters. The van der Waals surface area contributed by atoms with Crippen LogP contribution in [0.1, 0.15) is 22.5 Å². The third-order valence-corrected chi connectivity index (χ3v) is 3.50. The molecule has 17 heavy (non-hydrogen) atoms. The van der Waals surface area contributed by atoms with Crippen LogP contribution in [-0.2, 0) is 13.1 Å². The Labute approximate surface area is 106 Å². The Morgan fingerprint density at radius 1 is 1.24 bits per heavy atom. The summed E-state index contributed by atoms with van der Waals surface area (Å²) in [4.78, 5) is 0. The average molecular weight is 250 g/mol. The highest BCUT2D eigenvalue weighted by atomic mass is 35.5. The van der Waals surface area contributed by atoms with E-state index in [1.54, 1.807) is 0 Å². The minimum Gasteiger partial charge on any atom is -0.326 e. The van der Waals surface area contributed by atoms with E-state index in [-0.39, 0.29) is 0 Å². The summed E-state index contributed by atoms with van der Waals surface area (Å²) in [7, 11) is 0. The molecule has 0 bridgehead atoms. The molecule has 0 aliphatic rings. The summed E-state index contributed by atoms with van der Waals surface area (Å²) in [6, 6.07) is 8.14. The fourth-order valence-electron chi connectivity index (χ4n) is 1.90. The third kappa shape index (κ3) is 2.35. The lowest BCUT2D eigenvalue weighted by molar-refractivity contribution is 0.654. The smallest absolute Gasteiger partial charge is 0.0844 e. The SMILES string of the molecule is Cc1nn(Cc2ccccc2CN)c(C)c1Cl. The van der Waals surface area contributed by atoms with Crippen molar-refractivity contribution in [2.24, 2.45) is 5.73 Å². The number of benzene rings is 1. The van der Waals surface area contributed by atoms with E-state index in [2.05, 4.69) is 11.2 Å². The summed E-state index contributed by atoms with van der Waals surface area (Å²) in [5.41, 5.74) is 9.93. The first-order chi connectivity index (χ1) is 8.13. The van der Waals surface area contributed by atoms with Gasteiger partial charge in [0.25, 0.3) is 0 Å². The average Bonchev–Trinajstić information content (AvgIpc) is 2.58. The van der Waals surface area contributed by atoms with Crippen molar-refractivity contribution in [3.05, 3.63) is 51.8 Å². The maximum Gasteiger partial charge on any atom is 0.0844 e. The van der Waals surface area contributed by atoms with Crippen molar-refractivity contribution in [3.63, 3.8) is 0 Å². The molecule has 2 aromatic rings. The topological polar surface area (TPSA) is 43.8 Å². The zero-order chi connectivity index (χ0) is 12.4. The van der Waals surface area contributed by atoms with Gasteiger partial charge in [0, 0.05) is 6.54 Å². The molecule has 1 aromatic heterocycles. The zero-order valence-electron chi connectivity index (χ0n) is 10.1. The quantitative estimate of drug-likeness (QED) is 0.909. The van der Waals surface area contributed by atoms with Gasteiger partial charge >= 0.3 is 0 Å². The Hall–Kier alpha value is -1.32. The lowest BCUT2D eigenvalue weighted by atomic mass is 10.1. The van der Waals surface area contributed by atoms with Gasteiger partial charge in [-0.25, -0.2) is 0 Å². The fraction of sp³-hybridized carbons (Fsp3) is 0.308. The van der Waals surface area contributed by atoms with Gasteiger partial charge in [0.15, 0.2) is 0 Å². The molecule has 0 atom stereocenters. The number of halogens is 1. The van der Waals surface area contributed by atoms with Crippen LogP contribution < -0.4 is 5.73 Å². The number of hydrogen-bond acceptors (Lipinski definition) is 2. The van der Waals surface area contributed by atoms with E-state index in [9.17, 15) is 0 Å². The molecule has 0 fully saturated rings. The minimum absolute atomic E-state index is 0.545. The maximum absolute atomic E-state index is 6.13. The maximum atomic E-state index is 6.13. The first-order valence-corrected chi connectivity index (χ1v) is 5.97. The van der Waals surface area contributed by atoms with Crippen molar-refractivity contribution in [1.29, 1.82) is 0 Å². The molecular weight excluding hydrogens is 234 g/mol. The minimum atomic E-state index is 0.545. The van der Waals surface area contributed by atoms with Crippen LogP contribution in [0.3, 0.4) is 0 Å². The van der Waals surface area contributed by atoms with E-state index in [1.165, 1.54) is 5.56 Å². The molecule has 0 aliphatic heterocycles. The largest absolute Gasteiger partial charge is 0.326 e. The van der Waals surface area contributed by atoms with Crippen LogP contribution in [0.4, 0.5) is 0 Å². The molecule has 0 saturated carbocycles. The number of hydrogen-bond donors (Lipinski definition) is 1. The van der Waals surface area contributed by atoms with Crippen LogP contribution in [0, 0.1) is 13.8 Å². The van der Waals surface area contributed by atoms with E-state index in [4.69, 9.17) is 17.3 Å². The molecule has 0 aliphatic carbocycles. The molecule has 90 valence electrons. The highest BCUT2D eigenvalue weighted by molar-refractivity contribution is 6.31. The molecule has 0 radical (unpaired) electrons. The molecule has 1 aromatic carbocycles. The van der Waals surface area contributed by atoms with Crippen LogP contribution in [0.25, 0.3) is 0 Å². The number of aryl methyl sites for hydroxylation is 1. The summed E-state index contributed by atoms with van der Waals surface area (Å²) in [6.07, 6.45) is 0. The molecule has 3 nitrogen and oxygen atoms in total. The monoisotopic (exact) mass is 249 g/mol. The number of rotatable bonds is 3. The predicted molar refractivity (Wildman–Crippen MR) is 70.1 cm³/mol. The predicted octanol–water partition coefficient (Wildman–Crippen LogP) is 2.66. The Kier molecular flexibility index (Phi) is 3.50. The molecule has 2 rings (SSSR count). The Balaban J connectivity index is 2.34. The number of nitrogens with two attached hydrogens (primary N) is 1. The number of nitrogens with zero attached hydrogens (tertiary/aromatic N) is 2. The first-order valence-electron chi connectivity index (χ1n) is 5.60. The van der Waals surface area contributed by atoms with Gasteiger partial charge < -0.3 is 5.73 Å². The van der Waals surface area contributed by atoms with Crippen molar-refractivity contribution >= 4 is 11.6 Å². The second kappa shape index (κ2) is 4.90. The normalized spacial score (nSPS) is 10.8. The standard InChI is InChI=1S/C13H16ClN3/c1-9-13(14)10(2)17(16-9)8-12-6-4-3-5-11(12)7-15/h3-6H,7-8,15H2,1-2H3. The molecule has 4 heteroatoms. The van der Waals surface area contributed by atoms with Gasteiger partial charge in [-0.2, -0.15) is 5.10 Å². The Morgan fingerprint density at radius 2 is 1.88 bits per heavy atom. The van der Waals surface area contributed by atoms with E-state index < -0.39 is 0 Å². The van der Waals surface area contributed by atoms with Crippen LogP contribution >= 0.6 is 11.6 Å². The Morgan fingerprint density at radius 3 is 2.41 bits per heavy atom. The van der Waals surface area contributed by atoms with Gasteiger partial charge in [0.2, 0.25) is 0 Å². The van der Waals surface area contributed by atoms with Crippen LogP contribution in [0.15, 0.2) is 24.3 Å². The molecule has 1 heterocycles. The van der Waals surface area contributed by atoms with Gasteiger partial charge in [-0.3, -0.25) is 4.68 Å². The van der Waals surface area contributed by atoms with Crippen LogP contribution in [0.5, 0.6) is 0 Å². The van der Waals surface area contributed by atoms with Crippen molar-refractivity contribution in [2.75, 3.05) is 0 Å². The van der Waals surface area contributed by atoms with Crippen LogP contribution in [0.2, 0.25) is 5.02 Å². The summed E-state index contributed by atoms with van der Waals surface area (Å²) >= 11 is 6.13. The van der Waals surface area contributed by atoms with Crippen molar-refractivity contribution in [2.45, 2.75) is 26.9 Å². The van der Waals surface area contributed by atoms with Crippen molar-refractivity contribution in [1.82, 2.24) is 9.78 Å². The van der Waals surface area contributed by atoms with Gasteiger partial charge in [0.1, 0.15) is 0 Å². The lowest BCUT2D eigenvalue weighted by Gasteiger charge is -2.09. The molecule has 0 amide bonds. The summed E-state index contributed by atoms with van der Waals surface area (Å²) in [5.74, 6) is 0. The molecule has 0 saturated heterocycles. The van der Waals surface area contributed by atoms with E-state index in [0.717, 1.165) is 22.0 Å². The first kappa shape index (κ1) is 12.1. The third-order valence-electron chi connectivity index (χ3n) is 2.95. The van der Waals surface area contributed by atoms with Gasteiger partial charge in [-0.15, -0.1) is 0 Å². The van der Waals surface area contributed by atoms with Gasteiger partial charge in [-0.05, 0) is 25.0 Å². The fourth-order valence-corrected chi connectivity index (χ4v) is 2.04. The number of aromatic nitrogens is 2. The summed E-state index contributed by atoms with van der Waals surface area (Å²) < 4.78 is 1.92. The van der Waals surface area contributed by atoms with Crippen molar-refractivity contribution < 1.29 is 0 Å². The van der Waals surface area contributed by atoms with Gasteiger partial charge in [0.05, 0.1) is 23.0 Å². The highest BCUT2D eigenvalue weighted by Gasteiger charge is 2.10. The molecule has 2 N–H and O–H groups in total. The lowest BCUT2D eigenvalue weighted by Crippen LogP contribution is -2.08. The second-order valence-corrected chi connectivity index (χ2v) is 4.49. The zero-order valence-corrected chi connectivity index (χ0v) is 10.8. The van der Waals surface area contributed by atoms with Crippen LogP contribution in [-0.4, -0.2) is 9.78 Å². The van der Waals surface area contributed by atoms with Gasteiger partial charge in [-0.1, -0.05) is 35.9 Å². The van der Waals surface area contributed by atoms with E-state index in [0.29, 0.717) is 13.1 Å². The van der Waals surface area contributed by atoms with E-state index in [1.807, 2.05) is 36.7 Å². The van der Waals surface area contributed by atoms with Crippen molar-refractivity contribution in [3.8, 4) is 0 Å². The molecule has 0 spiro atoms. The Bertz CT molecular complexity index is 531. The second-order valence-electron chi connectivity index (χ2n) is 4.12. The molecular formula is C13H16ClN3. The summed E-state index contributed by atoms with van der Waals surface area (Å²) in [5, 5.41) is 5.17. The van der Waals surface area contributed by atoms with E-state index >= 15 is 0 Å².